The first-order valence-corrected chi connectivity index (χ1v) is 6.82. The molecule has 8 heteroatoms. The van der Waals surface area contributed by atoms with Gasteiger partial charge in [0.15, 0.2) is 11.3 Å². The van der Waals surface area contributed by atoms with E-state index in [2.05, 4.69) is 4.98 Å². The molecule has 2 aromatic carbocycles. The zero-order chi connectivity index (χ0) is 15.1. The molecule has 0 fully saturated rings. The molecule has 3 aromatic rings. The van der Waals surface area contributed by atoms with E-state index < -0.39 is 5.76 Å². The van der Waals surface area contributed by atoms with E-state index in [1.165, 1.54) is 24.3 Å². The van der Waals surface area contributed by atoms with Crippen molar-refractivity contribution in [3.05, 3.63) is 49.9 Å². The van der Waals surface area contributed by atoms with Crippen LogP contribution in [0, 0.1) is 0 Å². The van der Waals surface area contributed by atoms with Crippen LogP contribution in [0.5, 0.6) is 11.5 Å². The van der Waals surface area contributed by atoms with Gasteiger partial charge in [-0.15, -0.1) is 0 Å². The van der Waals surface area contributed by atoms with Gasteiger partial charge in [0.2, 0.25) is 0 Å². The van der Waals surface area contributed by atoms with Crippen LogP contribution in [0.25, 0.3) is 11.1 Å². The summed E-state index contributed by atoms with van der Waals surface area (Å²) in [5, 5.41) is 0.897. The zero-order valence-corrected chi connectivity index (χ0v) is 12.5. The van der Waals surface area contributed by atoms with E-state index in [4.69, 9.17) is 49.7 Å². The Balaban J connectivity index is 2.07. The lowest BCUT2D eigenvalue weighted by Gasteiger charge is -2.10. The molecule has 5 nitrogen and oxygen atoms in total. The maximum absolute atomic E-state index is 11.1. The van der Waals surface area contributed by atoms with Crippen LogP contribution in [0.3, 0.4) is 0 Å². The van der Waals surface area contributed by atoms with Gasteiger partial charge in [-0.2, -0.15) is 0 Å². The Kier molecular flexibility index (Phi) is 3.49. The highest BCUT2D eigenvalue weighted by atomic mass is 35.5. The van der Waals surface area contributed by atoms with Gasteiger partial charge in [-0.25, -0.2) is 4.79 Å². The van der Waals surface area contributed by atoms with Crippen molar-refractivity contribution in [3.8, 4) is 11.5 Å². The SMILES string of the molecule is Nc1cc2oc(=O)[nH]c2cc1Oc1cc(Cl)c(Cl)cc1Cl. The average Bonchev–Trinajstić information content (AvgIpc) is 2.75. The average molecular weight is 346 g/mol. The molecule has 1 heterocycles. The Hall–Kier alpha value is -1.82. The summed E-state index contributed by atoms with van der Waals surface area (Å²) < 4.78 is 10.5. The van der Waals surface area contributed by atoms with E-state index in [0.717, 1.165) is 0 Å². The number of anilines is 1. The number of hydrogen-bond acceptors (Lipinski definition) is 4. The maximum atomic E-state index is 11.1. The summed E-state index contributed by atoms with van der Waals surface area (Å²) in [5.74, 6) is 0.0249. The maximum Gasteiger partial charge on any atom is 0.417 e. The fourth-order valence-electron chi connectivity index (χ4n) is 1.78. The normalized spacial score (nSPS) is 11.0. The molecule has 3 N–H and O–H groups in total. The summed E-state index contributed by atoms with van der Waals surface area (Å²) >= 11 is 17.8. The Morgan fingerprint density at radius 2 is 1.71 bits per heavy atom. The lowest BCUT2D eigenvalue weighted by atomic mass is 10.2. The molecule has 0 aliphatic heterocycles. The topological polar surface area (TPSA) is 81.2 Å². The number of nitrogens with two attached hydrogens (primary N) is 1. The predicted octanol–water partition coefficient (Wildman–Crippen LogP) is 4.46. The minimum Gasteiger partial charge on any atom is -0.453 e. The number of rotatable bonds is 2. The number of halogens is 3. The van der Waals surface area contributed by atoms with Gasteiger partial charge >= 0.3 is 5.76 Å². The summed E-state index contributed by atoms with van der Waals surface area (Å²) in [5.41, 5.74) is 6.94. The number of fused-ring (bicyclic) bond motifs is 1. The van der Waals surface area contributed by atoms with Crippen molar-refractivity contribution < 1.29 is 9.15 Å². The third-order valence-corrected chi connectivity index (χ3v) is 3.76. The lowest BCUT2D eigenvalue weighted by Crippen LogP contribution is -1.94. The molecule has 0 aliphatic rings. The van der Waals surface area contributed by atoms with E-state index in [1.807, 2.05) is 0 Å². The van der Waals surface area contributed by atoms with Gasteiger partial charge in [0.25, 0.3) is 0 Å². The predicted molar refractivity (Wildman–Crippen MR) is 82.8 cm³/mol. The van der Waals surface area contributed by atoms with E-state index in [9.17, 15) is 4.79 Å². The molecule has 3 rings (SSSR count). The molecule has 0 spiro atoms. The van der Waals surface area contributed by atoms with E-state index in [1.54, 1.807) is 0 Å². The molecule has 1 aromatic heterocycles. The van der Waals surface area contributed by atoms with Crippen LogP contribution in [-0.4, -0.2) is 4.98 Å². The van der Waals surface area contributed by atoms with Crippen molar-refractivity contribution in [2.24, 2.45) is 0 Å². The summed E-state index contributed by atoms with van der Waals surface area (Å²) in [6.45, 7) is 0. The molecule has 21 heavy (non-hydrogen) atoms. The highest BCUT2D eigenvalue weighted by molar-refractivity contribution is 6.43. The molecule has 0 saturated carbocycles. The van der Waals surface area contributed by atoms with Gasteiger partial charge in [-0.05, 0) is 6.07 Å². The second kappa shape index (κ2) is 5.18. The van der Waals surface area contributed by atoms with Crippen molar-refractivity contribution in [2.45, 2.75) is 0 Å². The quantitative estimate of drug-likeness (QED) is 0.531. The Bertz CT molecular complexity index is 902. The van der Waals surface area contributed by atoms with Crippen LogP contribution < -0.4 is 16.2 Å². The number of nitrogens with one attached hydrogen (secondary N) is 1. The standard InChI is InChI=1S/C13H7Cl3N2O3/c14-5-1-7(16)10(2-6(5)15)20-11-4-9-12(3-8(11)17)21-13(19)18-9/h1-4H,17H2,(H,18,19). The van der Waals surface area contributed by atoms with Gasteiger partial charge in [0.1, 0.15) is 5.75 Å². The number of oxazole rings is 1. The molecule has 0 unspecified atom stereocenters. The fraction of sp³-hybridized carbons (Fsp3) is 0. The monoisotopic (exact) mass is 344 g/mol. The van der Waals surface area contributed by atoms with Crippen molar-refractivity contribution in [1.82, 2.24) is 4.98 Å². The molecule has 108 valence electrons. The number of ether oxygens (including phenoxy) is 1. The van der Waals surface area contributed by atoms with Crippen LogP contribution in [0.15, 0.2) is 33.5 Å². The van der Waals surface area contributed by atoms with Crippen LogP contribution >= 0.6 is 34.8 Å². The van der Waals surface area contributed by atoms with Crippen LogP contribution in [0.2, 0.25) is 15.1 Å². The highest BCUT2D eigenvalue weighted by Gasteiger charge is 2.12. The van der Waals surface area contributed by atoms with E-state index >= 15 is 0 Å². The number of hydrogen-bond donors (Lipinski definition) is 2. The Labute approximate surface area is 133 Å². The van der Waals surface area contributed by atoms with Crippen LogP contribution in [-0.2, 0) is 0 Å². The second-order valence-corrected chi connectivity index (χ2v) is 5.42. The first kappa shape index (κ1) is 14.1. The Morgan fingerprint density at radius 3 is 2.48 bits per heavy atom. The largest absolute Gasteiger partial charge is 0.453 e. The van der Waals surface area contributed by atoms with E-state index in [-0.39, 0.29) is 10.7 Å². The molecule has 0 amide bonds. The summed E-state index contributed by atoms with van der Waals surface area (Å²) in [7, 11) is 0. The first-order valence-electron chi connectivity index (χ1n) is 5.69. The molecular formula is C13H7Cl3N2O3. The number of aromatic nitrogens is 1. The summed E-state index contributed by atoms with van der Waals surface area (Å²) in [4.78, 5) is 13.7. The molecule has 0 radical (unpaired) electrons. The molecular weight excluding hydrogens is 339 g/mol. The highest BCUT2D eigenvalue weighted by Crippen LogP contribution is 2.38. The van der Waals surface area contributed by atoms with Crippen molar-refractivity contribution in [2.75, 3.05) is 5.73 Å². The van der Waals surface area contributed by atoms with Crippen molar-refractivity contribution >= 4 is 51.6 Å². The minimum atomic E-state index is -0.575. The zero-order valence-electron chi connectivity index (χ0n) is 10.2. The first-order chi connectivity index (χ1) is 9.94. The molecule has 0 atom stereocenters. The molecule has 0 aliphatic carbocycles. The van der Waals surface area contributed by atoms with E-state index in [0.29, 0.717) is 32.6 Å². The number of aromatic amines is 1. The second-order valence-electron chi connectivity index (χ2n) is 4.20. The third kappa shape index (κ3) is 2.68. The number of benzene rings is 2. The van der Waals surface area contributed by atoms with Gasteiger partial charge in [0, 0.05) is 18.2 Å². The molecule has 0 bridgehead atoms. The Morgan fingerprint density at radius 1 is 1.00 bits per heavy atom. The minimum absolute atomic E-state index is 0.282. The summed E-state index contributed by atoms with van der Waals surface area (Å²) in [6.07, 6.45) is 0. The smallest absolute Gasteiger partial charge is 0.417 e. The molecule has 0 saturated heterocycles. The fourth-order valence-corrected chi connectivity index (χ4v) is 2.36. The lowest BCUT2D eigenvalue weighted by molar-refractivity contribution is 0.485. The van der Waals surface area contributed by atoms with Gasteiger partial charge in [0.05, 0.1) is 26.3 Å². The van der Waals surface area contributed by atoms with Crippen LogP contribution in [0.1, 0.15) is 0 Å². The number of H-pyrrole nitrogens is 1. The van der Waals surface area contributed by atoms with Crippen molar-refractivity contribution in [3.63, 3.8) is 0 Å². The van der Waals surface area contributed by atoms with Crippen LogP contribution in [0.4, 0.5) is 5.69 Å². The number of nitrogen functional groups attached to an aromatic ring is 1. The van der Waals surface area contributed by atoms with Gasteiger partial charge in [-0.1, -0.05) is 34.8 Å². The van der Waals surface area contributed by atoms with Gasteiger partial charge < -0.3 is 14.9 Å². The summed E-state index contributed by atoms with van der Waals surface area (Å²) in [6, 6.07) is 5.96. The van der Waals surface area contributed by atoms with Crippen molar-refractivity contribution in [1.29, 1.82) is 0 Å². The van der Waals surface area contributed by atoms with Gasteiger partial charge in [-0.3, -0.25) is 4.98 Å². The third-order valence-electron chi connectivity index (χ3n) is 2.75.